The van der Waals surface area contributed by atoms with Crippen molar-refractivity contribution in [1.82, 2.24) is 20.1 Å². The third-order valence-electron chi connectivity index (χ3n) is 12.7. The van der Waals surface area contributed by atoms with Gasteiger partial charge in [0.15, 0.2) is 17.3 Å². The van der Waals surface area contributed by atoms with E-state index in [0.717, 1.165) is 16.5 Å². The molecule has 1 fully saturated rings. The summed E-state index contributed by atoms with van der Waals surface area (Å²) in [6.45, 7) is 9.04. The van der Waals surface area contributed by atoms with Crippen molar-refractivity contribution in [3.63, 3.8) is 0 Å². The van der Waals surface area contributed by atoms with Crippen LogP contribution in [0.2, 0.25) is 0 Å². The number of quaternary nitrogens is 1. The number of ether oxygens (including phenoxy) is 1. The number of primary amides is 1. The van der Waals surface area contributed by atoms with Crippen molar-refractivity contribution in [2.45, 2.75) is 84.3 Å². The van der Waals surface area contributed by atoms with Crippen LogP contribution < -0.4 is 36.7 Å². The number of carboxylic acids is 1. The Morgan fingerprint density at radius 1 is 0.985 bits per heavy atom. The zero-order valence-electron chi connectivity index (χ0n) is 37.9. The maximum absolute atomic E-state index is 15.9. The number of aromatic nitrogens is 1. The number of nitrogens with two attached hydrogens (primary N) is 1. The van der Waals surface area contributed by atoms with Crippen molar-refractivity contribution < 1.29 is 52.3 Å². The highest BCUT2D eigenvalue weighted by Crippen LogP contribution is 2.42. The molecule has 0 unspecified atom stereocenters. The summed E-state index contributed by atoms with van der Waals surface area (Å²) in [5.41, 5.74) is 6.20. The summed E-state index contributed by atoms with van der Waals surface area (Å²) < 4.78 is 24.3. The van der Waals surface area contributed by atoms with E-state index in [4.69, 9.17) is 10.5 Å². The van der Waals surface area contributed by atoms with Crippen LogP contribution in [-0.2, 0) is 30.5 Å². The maximum Gasteiger partial charge on any atom is 0.341 e. The van der Waals surface area contributed by atoms with Crippen LogP contribution in [0.3, 0.4) is 0 Å². The lowest BCUT2D eigenvalue weighted by Crippen LogP contribution is -2.57. The Hall–Kier alpha value is -6.63. The number of pyridine rings is 1. The number of Topliss-reactive ketones (excluding diaryl/α,β-unsaturated/α-hetero) is 1. The number of halogens is 1. The van der Waals surface area contributed by atoms with Crippen molar-refractivity contribution in [2.24, 2.45) is 17.6 Å². The zero-order chi connectivity index (χ0) is 47.9. The molecule has 3 aromatic rings. The molecule has 0 radical (unpaired) electrons. The lowest BCUT2D eigenvalue weighted by Gasteiger charge is -2.43. The average Bonchev–Trinajstić information content (AvgIpc) is 3.58. The normalized spacial score (nSPS) is 17.4. The van der Waals surface area contributed by atoms with E-state index in [9.17, 15) is 43.5 Å². The number of carbonyl (C=O) groups excluding carboxylic acids is 6. The van der Waals surface area contributed by atoms with Gasteiger partial charge < -0.3 is 45.5 Å². The first kappa shape index (κ1) is 48.8. The van der Waals surface area contributed by atoms with E-state index in [2.05, 4.69) is 23.0 Å². The molecule has 354 valence electrons. The monoisotopic (exact) mass is 915 g/mol. The van der Waals surface area contributed by atoms with Gasteiger partial charge in [-0.3, -0.25) is 33.7 Å². The van der Waals surface area contributed by atoms with Crippen LogP contribution in [-0.4, -0.2) is 119 Å². The van der Waals surface area contributed by atoms with Crippen molar-refractivity contribution in [1.29, 1.82) is 0 Å². The second-order valence-electron chi connectivity index (χ2n) is 18.1. The Morgan fingerprint density at radius 2 is 1.67 bits per heavy atom. The molecule has 3 aliphatic rings. The van der Waals surface area contributed by atoms with Crippen LogP contribution >= 0.6 is 0 Å². The topological polar surface area (TPSA) is 240 Å². The number of nitrogens with zero attached hydrogens (tertiary/aromatic N) is 4. The molecule has 18 nitrogen and oxygen atoms in total. The van der Waals surface area contributed by atoms with Gasteiger partial charge in [0.05, 0.1) is 56.2 Å². The Balaban J connectivity index is 1.04. The van der Waals surface area contributed by atoms with Gasteiger partial charge in [0.1, 0.15) is 24.4 Å². The van der Waals surface area contributed by atoms with Gasteiger partial charge in [-0.2, -0.15) is 0 Å². The van der Waals surface area contributed by atoms with Crippen LogP contribution in [0.4, 0.5) is 20.6 Å². The molecule has 3 aliphatic heterocycles. The quantitative estimate of drug-likeness (QED) is 0.0585. The highest BCUT2D eigenvalue weighted by Gasteiger charge is 2.35. The summed E-state index contributed by atoms with van der Waals surface area (Å²) in [7, 11) is 2.11. The minimum atomic E-state index is -1.38. The number of benzene rings is 2. The van der Waals surface area contributed by atoms with Gasteiger partial charge in [-0.25, -0.2) is 14.0 Å². The van der Waals surface area contributed by atoms with Crippen LogP contribution in [0.1, 0.15) is 87.7 Å². The third kappa shape index (κ3) is 11.6. The molecule has 6 N–H and O–H groups in total. The molecule has 6 amide bonds. The van der Waals surface area contributed by atoms with E-state index in [1.807, 2.05) is 37.8 Å². The number of likely N-dealkylation sites (N-methyl/N-ethyl adjacent to an activating group) is 1. The number of piperazine rings is 1. The molecular weight excluding hydrogens is 856 g/mol. The lowest BCUT2D eigenvalue weighted by molar-refractivity contribution is -0.923. The number of nitrogens with one attached hydrogen (secondary N) is 3. The number of unbranched alkanes of at least 4 members (excludes halogenated alkanes) is 2. The summed E-state index contributed by atoms with van der Waals surface area (Å²) in [6, 6.07) is 6.73. The van der Waals surface area contributed by atoms with E-state index in [1.54, 1.807) is 16.7 Å². The summed E-state index contributed by atoms with van der Waals surface area (Å²) in [6.07, 6.45) is 6.06. The Bertz CT molecular complexity index is 2440. The molecule has 1 saturated heterocycles. The molecule has 4 heterocycles. The minimum absolute atomic E-state index is 0.0366. The number of carboxylic acid groups (broad SMARTS) is 1. The number of imide groups is 1. The fourth-order valence-electron chi connectivity index (χ4n) is 8.87. The highest BCUT2D eigenvalue weighted by atomic mass is 19.1. The third-order valence-corrected chi connectivity index (χ3v) is 12.7. The van der Waals surface area contributed by atoms with Crippen LogP contribution in [0.25, 0.3) is 10.9 Å². The molecule has 19 heteroatoms. The van der Waals surface area contributed by atoms with Crippen molar-refractivity contribution >= 4 is 63.7 Å². The fourth-order valence-corrected chi connectivity index (χ4v) is 8.87. The first-order chi connectivity index (χ1) is 31.3. The molecule has 66 heavy (non-hydrogen) atoms. The summed E-state index contributed by atoms with van der Waals surface area (Å²) in [5, 5.41) is 17.9. The second-order valence-corrected chi connectivity index (χ2v) is 18.1. The van der Waals surface area contributed by atoms with Crippen LogP contribution in [0.15, 0.2) is 53.5 Å². The summed E-state index contributed by atoms with van der Waals surface area (Å²) in [5.74, 6) is -4.53. The molecule has 0 bridgehead atoms. The number of urea groups is 1. The number of hydrogen-bond acceptors (Lipinski definition) is 10. The van der Waals surface area contributed by atoms with Gasteiger partial charge in [-0.05, 0) is 56.7 Å². The SMILES string of the molecule is CC(C)[C@H](NC(=O)CCCCCN1C(=O)C=CC1=O)C(=O)C[C@@H](CCCNC(N)=O)C(=O)Nc1ccc(C[N+]2(C)CCN(c3c(F)cc4c(=O)c(C(=O)O)cn5c4c3OC[C@@H]5C)CC2)cc1. The van der Waals surface area contributed by atoms with E-state index in [0.29, 0.717) is 74.1 Å². The fraction of sp³-hybridized carbons (Fsp3) is 0.489. The Morgan fingerprint density at radius 3 is 2.30 bits per heavy atom. The number of hydrogen-bond donors (Lipinski definition) is 5. The second kappa shape index (κ2) is 21.1. The molecule has 0 spiro atoms. The first-order valence-electron chi connectivity index (χ1n) is 22.5. The van der Waals surface area contributed by atoms with Crippen LogP contribution in [0, 0.1) is 17.7 Å². The molecule has 1 aromatic heterocycles. The Kier molecular flexibility index (Phi) is 15.6. The number of anilines is 2. The van der Waals surface area contributed by atoms with Crippen molar-refractivity contribution in [3.8, 4) is 5.75 Å². The summed E-state index contributed by atoms with van der Waals surface area (Å²) in [4.78, 5) is 103. The largest absolute Gasteiger partial charge is 0.487 e. The zero-order valence-corrected chi connectivity index (χ0v) is 37.9. The standard InChI is InChI=1S/C47H59FN8O10/c1-28(2)40(52-37(58)10-6-5-7-18-54-38(59)15-16-39(54)60)36(57)23-31(9-8-17-50-47(49)65)45(62)51-32-13-11-30(12-14-32)26-56(4)21-19-53(20-22-56)42-35(48)24-33-41-44(42)66-27-29(3)55(41)25-34(43(33)61)46(63)64/h11-16,24-25,28-29,31,40H,5-10,17-23,26-27H2,1-4H3,(H5-,49,50,51,52,58,62,63,64,65)/p+1/t29-,31+,40-/m0/s1. The van der Waals surface area contributed by atoms with Gasteiger partial charge in [0.2, 0.25) is 17.2 Å². The van der Waals surface area contributed by atoms with E-state index in [1.165, 1.54) is 18.3 Å². The average molecular weight is 916 g/mol. The van der Waals surface area contributed by atoms with E-state index in [-0.39, 0.29) is 97.2 Å². The molecular formula is C47H60FN8O10+. The number of rotatable bonds is 21. The number of carbonyl (C=O) groups is 7. The van der Waals surface area contributed by atoms with Gasteiger partial charge in [-0.1, -0.05) is 32.4 Å². The van der Waals surface area contributed by atoms with Crippen LogP contribution in [0.5, 0.6) is 5.75 Å². The lowest BCUT2D eigenvalue weighted by atomic mass is 9.89. The highest BCUT2D eigenvalue weighted by molar-refractivity contribution is 6.12. The molecule has 2 aromatic carbocycles. The van der Waals surface area contributed by atoms with E-state index >= 15 is 4.39 Å². The first-order valence-corrected chi connectivity index (χ1v) is 22.5. The van der Waals surface area contributed by atoms with Gasteiger partial charge in [0.25, 0.3) is 11.8 Å². The van der Waals surface area contributed by atoms with Gasteiger partial charge in [0, 0.05) is 61.4 Å². The minimum Gasteiger partial charge on any atom is -0.487 e. The van der Waals surface area contributed by atoms with E-state index < -0.39 is 40.8 Å². The number of amides is 6. The maximum atomic E-state index is 15.9. The molecule has 6 rings (SSSR count). The molecule has 3 atom stereocenters. The molecule has 0 saturated carbocycles. The predicted octanol–water partition coefficient (Wildman–Crippen LogP) is 3.85. The number of ketones is 1. The Labute approximate surface area is 381 Å². The predicted molar refractivity (Wildman–Crippen MR) is 243 cm³/mol. The number of aromatic carboxylic acids is 1. The van der Waals surface area contributed by atoms with Gasteiger partial charge in [-0.15, -0.1) is 0 Å². The van der Waals surface area contributed by atoms with Crippen molar-refractivity contribution in [3.05, 3.63) is 75.8 Å². The molecule has 0 aliphatic carbocycles. The summed E-state index contributed by atoms with van der Waals surface area (Å²) >= 11 is 0. The van der Waals surface area contributed by atoms with Crippen molar-refractivity contribution in [2.75, 3.05) is 63.1 Å². The smallest absolute Gasteiger partial charge is 0.341 e. The van der Waals surface area contributed by atoms with Gasteiger partial charge >= 0.3 is 12.0 Å².